The summed E-state index contributed by atoms with van der Waals surface area (Å²) >= 11 is -0.298. The molecule has 1 saturated heterocycles. The van der Waals surface area contributed by atoms with Gasteiger partial charge in [0.05, 0.1) is 0 Å². The van der Waals surface area contributed by atoms with Gasteiger partial charge in [-0.25, -0.2) is 0 Å². The second-order valence-corrected chi connectivity index (χ2v) is 8.93. The molecule has 0 aromatic heterocycles. The molecule has 0 N–H and O–H groups in total. The van der Waals surface area contributed by atoms with E-state index in [1.165, 1.54) is 22.9 Å². The summed E-state index contributed by atoms with van der Waals surface area (Å²) in [5.74, 6) is 1.42. The van der Waals surface area contributed by atoms with Crippen molar-refractivity contribution in [2.75, 3.05) is 7.11 Å². The predicted octanol–water partition coefficient (Wildman–Crippen LogP) is 1.93. The molecule has 1 aliphatic carbocycles. The molecule has 3 atom stereocenters. The molecule has 3 unspecified atom stereocenters. The Balaban J connectivity index is 1.69. The molecule has 4 heteroatoms. The fourth-order valence-corrected chi connectivity index (χ4v) is 6.79. The first-order valence-corrected chi connectivity index (χ1v) is 9.27. The van der Waals surface area contributed by atoms with Crippen molar-refractivity contribution in [3.05, 3.63) is 24.3 Å². The molecular formula is C15H18O3Te. The molecule has 0 spiro atoms. The Morgan fingerprint density at radius 1 is 1.26 bits per heavy atom. The van der Waals surface area contributed by atoms with Gasteiger partial charge in [0.2, 0.25) is 0 Å². The van der Waals surface area contributed by atoms with Crippen molar-refractivity contribution in [3.63, 3.8) is 0 Å². The summed E-state index contributed by atoms with van der Waals surface area (Å²) in [5.41, 5.74) is 0. The molecule has 0 radical (unpaired) electrons. The maximum absolute atomic E-state index is 11.5. The van der Waals surface area contributed by atoms with Crippen molar-refractivity contribution in [1.82, 2.24) is 0 Å². The minimum absolute atomic E-state index is 0.0177. The zero-order valence-electron chi connectivity index (χ0n) is 11.0. The summed E-state index contributed by atoms with van der Waals surface area (Å²) in [5, 5.41) is 0. The van der Waals surface area contributed by atoms with Crippen LogP contribution < -0.4 is 8.35 Å². The van der Waals surface area contributed by atoms with Gasteiger partial charge in [-0.1, -0.05) is 0 Å². The first-order valence-electron chi connectivity index (χ1n) is 6.76. The first kappa shape index (κ1) is 13.3. The van der Waals surface area contributed by atoms with Gasteiger partial charge in [-0.2, -0.15) is 0 Å². The second kappa shape index (κ2) is 5.73. The molecule has 3 rings (SSSR count). The number of fused-ring (bicyclic) bond motifs is 1. The Kier molecular flexibility index (Phi) is 4.00. The van der Waals surface area contributed by atoms with Gasteiger partial charge >= 0.3 is 124 Å². The predicted molar refractivity (Wildman–Crippen MR) is 74.0 cm³/mol. The van der Waals surface area contributed by atoms with Crippen molar-refractivity contribution in [1.29, 1.82) is 0 Å². The Hall–Kier alpha value is -0.720. The van der Waals surface area contributed by atoms with Crippen LogP contribution in [0.15, 0.2) is 24.3 Å². The average Bonchev–Trinajstić information content (AvgIpc) is 2.81. The molecule has 19 heavy (non-hydrogen) atoms. The van der Waals surface area contributed by atoms with Crippen LogP contribution in [-0.2, 0) is 9.53 Å². The van der Waals surface area contributed by atoms with Gasteiger partial charge in [-0.15, -0.1) is 0 Å². The summed E-state index contributed by atoms with van der Waals surface area (Å²) in [6.07, 6.45) is 4.51. The van der Waals surface area contributed by atoms with E-state index in [1.807, 2.05) is 12.1 Å². The van der Waals surface area contributed by atoms with E-state index in [0.29, 0.717) is 16.3 Å². The van der Waals surface area contributed by atoms with E-state index in [1.54, 1.807) is 7.11 Å². The molecule has 1 aromatic carbocycles. The molecule has 2 fully saturated rings. The quantitative estimate of drug-likeness (QED) is 0.600. The number of hydrogen-bond acceptors (Lipinski definition) is 3. The van der Waals surface area contributed by atoms with Crippen LogP contribution in [0, 0.1) is 5.92 Å². The molecule has 1 aromatic rings. The van der Waals surface area contributed by atoms with E-state index in [4.69, 9.17) is 9.47 Å². The number of hydrogen-bond donors (Lipinski definition) is 0. The van der Waals surface area contributed by atoms with Gasteiger partial charge < -0.3 is 0 Å². The van der Waals surface area contributed by atoms with Gasteiger partial charge in [-0.05, 0) is 0 Å². The number of ether oxygens (including phenoxy) is 2. The summed E-state index contributed by atoms with van der Waals surface area (Å²) < 4.78 is 12.8. The molecule has 0 amide bonds. The van der Waals surface area contributed by atoms with Crippen LogP contribution in [0.5, 0.6) is 5.75 Å². The fourth-order valence-electron chi connectivity index (χ4n) is 2.97. The van der Waals surface area contributed by atoms with E-state index in [0.717, 1.165) is 5.75 Å². The third kappa shape index (κ3) is 2.90. The summed E-state index contributed by atoms with van der Waals surface area (Å²) in [6.45, 7) is 0. The molecule has 2 aliphatic rings. The number of methoxy groups -OCH3 is 1. The summed E-state index contributed by atoms with van der Waals surface area (Å²) in [6, 6.07) is 8.39. The van der Waals surface area contributed by atoms with E-state index in [-0.39, 0.29) is 33.0 Å². The van der Waals surface area contributed by atoms with Crippen LogP contribution in [0.25, 0.3) is 0 Å². The van der Waals surface area contributed by atoms with Crippen molar-refractivity contribution < 1.29 is 14.3 Å². The van der Waals surface area contributed by atoms with Crippen LogP contribution in [0.1, 0.15) is 25.7 Å². The van der Waals surface area contributed by atoms with E-state index >= 15 is 0 Å². The molecular weight excluding hydrogens is 356 g/mol. The number of esters is 1. The SMILES string of the molecule is COc1ccc([Te]C2CCCC3CC(=O)OC32)cc1. The van der Waals surface area contributed by atoms with Gasteiger partial charge in [0.15, 0.2) is 0 Å². The number of carbonyl (C=O) groups is 1. The van der Waals surface area contributed by atoms with E-state index in [9.17, 15) is 4.79 Å². The standard InChI is InChI=1S/C15H18O3Te/c1-17-11-5-7-12(8-6-11)19-13-4-2-3-10-9-14(16)18-15(10)13/h5-8,10,13,15H,2-4,9H2,1H3. The molecule has 3 nitrogen and oxygen atoms in total. The summed E-state index contributed by atoms with van der Waals surface area (Å²) in [4.78, 5) is 11.5. The Morgan fingerprint density at radius 2 is 2.05 bits per heavy atom. The third-order valence-corrected chi connectivity index (χ3v) is 7.79. The molecule has 1 saturated carbocycles. The summed E-state index contributed by atoms with van der Waals surface area (Å²) in [7, 11) is 1.69. The van der Waals surface area contributed by atoms with Crippen LogP contribution in [-0.4, -0.2) is 40.1 Å². The number of carbonyl (C=O) groups excluding carboxylic acids is 1. The van der Waals surface area contributed by atoms with Crippen LogP contribution in [0.4, 0.5) is 0 Å². The molecule has 102 valence electrons. The van der Waals surface area contributed by atoms with Crippen LogP contribution in [0.2, 0.25) is 3.97 Å². The Bertz CT molecular complexity index is 457. The third-order valence-electron chi connectivity index (χ3n) is 3.94. The second-order valence-electron chi connectivity index (χ2n) is 5.18. The Morgan fingerprint density at radius 3 is 2.79 bits per heavy atom. The number of rotatable bonds is 3. The molecule has 0 bridgehead atoms. The van der Waals surface area contributed by atoms with Crippen LogP contribution in [0.3, 0.4) is 0 Å². The minimum atomic E-state index is -0.298. The van der Waals surface area contributed by atoms with Gasteiger partial charge in [-0.3, -0.25) is 0 Å². The average molecular weight is 374 g/mol. The van der Waals surface area contributed by atoms with Gasteiger partial charge in [0.25, 0.3) is 0 Å². The number of benzene rings is 1. The zero-order chi connectivity index (χ0) is 13.2. The van der Waals surface area contributed by atoms with Crippen molar-refractivity contribution in [3.8, 4) is 5.75 Å². The van der Waals surface area contributed by atoms with Crippen LogP contribution >= 0.6 is 0 Å². The normalized spacial score (nSPS) is 29.7. The Labute approximate surface area is 123 Å². The maximum atomic E-state index is 11.5. The first-order chi connectivity index (χ1) is 9.26. The van der Waals surface area contributed by atoms with Crippen molar-refractivity contribution in [2.24, 2.45) is 5.92 Å². The van der Waals surface area contributed by atoms with Crippen molar-refractivity contribution in [2.45, 2.75) is 35.8 Å². The van der Waals surface area contributed by atoms with Crippen molar-refractivity contribution >= 4 is 30.5 Å². The molecule has 1 aliphatic heterocycles. The van der Waals surface area contributed by atoms with Gasteiger partial charge in [0.1, 0.15) is 0 Å². The molecule has 1 heterocycles. The fraction of sp³-hybridized carbons (Fsp3) is 0.533. The van der Waals surface area contributed by atoms with E-state index in [2.05, 4.69) is 12.1 Å². The van der Waals surface area contributed by atoms with Gasteiger partial charge in [0, 0.05) is 0 Å². The monoisotopic (exact) mass is 376 g/mol. The topological polar surface area (TPSA) is 35.5 Å². The van der Waals surface area contributed by atoms with E-state index < -0.39 is 0 Å². The zero-order valence-corrected chi connectivity index (χ0v) is 13.3.